The summed E-state index contributed by atoms with van der Waals surface area (Å²) in [6.07, 6.45) is 7.12. The molecule has 7 heteroatoms. The van der Waals surface area contributed by atoms with Gasteiger partial charge in [-0.05, 0) is 69.2 Å². The largest absolute Gasteiger partial charge is 0.296 e. The van der Waals surface area contributed by atoms with Crippen molar-refractivity contribution in [3.63, 3.8) is 0 Å². The number of anilines is 1. The molecule has 1 aromatic carbocycles. The summed E-state index contributed by atoms with van der Waals surface area (Å²) in [5, 5.41) is 8.18. The zero-order valence-corrected chi connectivity index (χ0v) is 15.6. The van der Waals surface area contributed by atoms with Crippen LogP contribution in [0.15, 0.2) is 24.3 Å². The van der Waals surface area contributed by atoms with Crippen LogP contribution < -0.4 is 5.32 Å². The second-order valence-electron chi connectivity index (χ2n) is 7.07. The smallest absolute Gasteiger partial charge is 0.278 e. The Kier molecular flexibility index (Phi) is 4.04. The molecule has 0 bridgehead atoms. The molecule has 1 N–H and O–H groups in total. The van der Waals surface area contributed by atoms with E-state index in [1.165, 1.54) is 29.9 Å². The number of hydrogen-bond donors (Lipinski definition) is 1. The van der Waals surface area contributed by atoms with Crippen molar-refractivity contribution < 1.29 is 9.18 Å². The Balaban J connectivity index is 1.46. The number of nitrogens with one attached hydrogen (secondary N) is 1. The Morgan fingerprint density at radius 1 is 1.07 bits per heavy atom. The van der Waals surface area contributed by atoms with Crippen molar-refractivity contribution in [2.24, 2.45) is 0 Å². The van der Waals surface area contributed by atoms with E-state index in [2.05, 4.69) is 15.4 Å². The number of carbonyl (C=O) groups excluding carboxylic acids is 1. The summed E-state index contributed by atoms with van der Waals surface area (Å²) in [6, 6.07) is 6.21. The lowest BCUT2D eigenvalue weighted by molar-refractivity contribution is 0.102. The van der Waals surface area contributed by atoms with Gasteiger partial charge in [0.15, 0.2) is 10.8 Å². The molecule has 0 aliphatic heterocycles. The third-order valence-electron chi connectivity index (χ3n) is 5.28. The minimum Gasteiger partial charge on any atom is -0.296 e. The van der Waals surface area contributed by atoms with Crippen LogP contribution in [0.2, 0.25) is 0 Å². The van der Waals surface area contributed by atoms with Gasteiger partial charge >= 0.3 is 0 Å². The minimum atomic E-state index is -0.284. The number of halogens is 1. The van der Waals surface area contributed by atoms with E-state index in [4.69, 9.17) is 0 Å². The molecular formula is C20H19FN4OS. The molecule has 0 fully saturated rings. The lowest BCUT2D eigenvalue weighted by atomic mass is 10.0. The van der Waals surface area contributed by atoms with E-state index in [0.717, 1.165) is 54.7 Å². The number of aromatic nitrogens is 3. The molecule has 0 saturated carbocycles. The van der Waals surface area contributed by atoms with Crippen LogP contribution in [0.4, 0.5) is 9.52 Å². The number of amides is 1. The van der Waals surface area contributed by atoms with Gasteiger partial charge in [-0.1, -0.05) is 0 Å². The maximum Gasteiger partial charge on any atom is 0.278 e. The zero-order chi connectivity index (χ0) is 18.4. The van der Waals surface area contributed by atoms with E-state index in [0.29, 0.717) is 10.8 Å². The van der Waals surface area contributed by atoms with Crippen LogP contribution in [0.1, 0.15) is 51.6 Å². The van der Waals surface area contributed by atoms with Gasteiger partial charge in [0.05, 0.1) is 11.4 Å². The second kappa shape index (κ2) is 6.56. The van der Waals surface area contributed by atoms with Crippen molar-refractivity contribution in [2.45, 2.75) is 44.9 Å². The van der Waals surface area contributed by atoms with Crippen molar-refractivity contribution in [3.8, 4) is 5.69 Å². The number of fused-ring (bicyclic) bond motifs is 2. The van der Waals surface area contributed by atoms with Gasteiger partial charge in [-0.15, -0.1) is 11.3 Å². The highest BCUT2D eigenvalue weighted by atomic mass is 32.1. The molecule has 2 aliphatic carbocycles. The van der Waals surface area contributed by atoms with E-state index >= 15 is 0 Å². The van der Waals surface area contributed by atoms with Gasteiger partial charge in [-0.25, -0.2) is 14.1 Å². The standard InChI is InChI=1S/C20H19FN4OS/c21-12-8-10-13(11-9-12)25-16-6-3-4-14(16)18(24-25)19(26)23-20-22-15-5-1-2-7-17(15)27-20/h8-11H,1-7H2,(H,22,23,26). The van der Waals surface area contributed by atoms with Crippen LogP contribution in [0.5, 0.6) is 0 Å². The van der Waals surface area contributed by atoms with E-state index in [-0.39, 0.29) is 11.7 Å². The Morgan fingerprint density at radius 3 is 2.70 bits per heavy atom. The first-order valence-electron chi connectivity index (χ1n) is 9.35. The number of thiazole rings is 1. The topological polar surface area (TPSA) is 59.8 Å². The molecule has 0 radical (unpaired) electrons. The van der Waals surface area contributed by atoms with Gasteiger partial charge in [0.25, 0.3) is 5.91 Å². The molecule has 2 aliphatic rings. The van der Waals surface area contributed by atoms with Crippen LogP contribution in [0.25, 0.3) is 5.69 Å². The van der Waals surface area contributed by atoms with Crippen LogP contribution in [-0.2, 0) is 25.7 Å². The molecule has 0 spiro atoms. The fraction of sp³-hybridized carbons (Fsp3) is 0.350. The Hall–Kier alpha value is -2.54. The van der Waals surface area contributed by atoms with Crippen LogP contribution in [0, 0.1) is 5.82 Å². The lowest BCUT2D eigenvalue weighted by Crippen LogP contribution is -2.15. The molecule has 1 amide bonds. The molecule has 0 unspecified atom stereocenters. The third-order valence-corrected chi connectivity index (χ3v) is 6.36. The Bertz CT molecular complexity index is 998. The monoisotopic (exact) mass is 382 g/mol. The molecular weight excluding hydrogens is 363 g/mol. The summed E-state index contributed by atoms with van der Waals surface area (Å²) in [7, 11) is 0. The van der Waals surface area contributed by atoms with E-state index in [1.54, 1.807) is 28.2 Å². The average molecular weight is 382 g/mol. The molecule has 2 heterocycles. The van der Waals surface area contributed by atoms with Crippen LogP contribution in [-0.4, -0.2) is 20.7 Å². The van der Waals surface area contributed by atoms with Crippen LogP contribution >= 0.6 is 11.3 Å². The first-order valence-corrected chi connectivity index (χ1v) is 10.2. The Labute approximate surface area is 160 Å². The molecule has 2 aromatic heterocycles. The summed E-state index contributed by atoms with van der Waals surface area (Å²) < 4.78 is 15.0. The van der Waals surface area contributed by atoms with Crippen molar-refractivity contribution in [1.29, 1.82) is 0 Å². The first-order chi connectivity index (χ1) is 13.2. The summed E-state index contributed by atoms with van der Waals surface area (Å²) in [5.74, 6) is -0.492. The van der Waals surface area contributed by atoms with Gasteiger partial charge in [0.2, 0.25) is 0 Å². The lowest BCUT2D eigenvalue weighted by Gasteiger charge is -2.06. The predicted octanol–water partition coefficient (Wildman–Crippen LogP) is 4.09. The molecule has 0 atom stereocenters. The maximum absolute atomic E-state index is 13.3. The highest BCUT2D eigenvalue weighted by molar-refractivity contribution is 7.15. The van der Waals surface area contributed by atoms with Gasteiger partial charge in [-0.2, -0.15) is 5.10 Å². The van der Waals surface area contributed by atoms with Crippen molar-refractivity contribution in [3.05, 3.63) is 57.6 Å². The molecule has 5 rings (SSSR count). The third kappa shape index (κ3) is 2.96. The fourth-order valence-electron chi connectivity index (χ4n) is 3.98. The number of nitrogens with zero attached hydrogens (tertiary/aromatic N) is 3. The minimum absolute atomic E-state index is 0.208. The quantitative estimate of drug-likeness (QED) is 0.742. The molecule has 3 aromatic rings. The fourth-order valence-corrected chi connectivity index (χ4v) is 5.02. The summed E-state index contributed by atoms with van der Waals surface area (Å²) in [6.45, 7) is 0. The normalized spacial score (nSPS) is 15.4. The highest BCUT2D eigenvalue weighted by Crippen LogP contribution is 2.31. The van der Waals surface area contributed by atoms with Gasteiger partial charge in [0, 0.05) is 16.1 Å². The highest BCUT2D eigenvalue weighted by Gasteiger charge is 2.28. The summed E-state index contributed by atoms with van der Waals surface area (Å²) >= 11 is 1.58. The predicted molar refractivity (Wildman–Crippen MR) is 102 cm³/mol. The van der Waals surface area contributed by atoms with E-state index < -0.39 is 0 Å². The summed E-state index contributed by atoms with van der Waals surface area (Å²) in [4.78, 5) is 18.8. The first kappa shape index (κ1) is 16.6. The van der Waals surface area contributed by atoms with Crippen molar-refractivity contribution in [1.82, 2.24) is 14.8 Å². The SMILES string of the molecule is O=C(Nc1nc2c(s1)CCCC2)c1nn(-c2ccc(F)cc2)c2c1CCC2. The van der Waals surface area contributed by atoms with Gasteiger partial charge in [-0.3, -0.25) is 10.1 Å². The second-order valence-corrected chi connectivity index (χ2v) is 8.15. The van der Waals surface area contributed by atoms with E-state index in [1.807, 2.05) is 0 Å². The van der Waals surface area contributed by atoms with Crippen molar-refractivity contribution in [2.75, 3.05) is 5.32 Å². The molecule has 27 heavy (non-hydrogen) atoms. The van der Waals surface area contributed by atoms with Gasteiger partial charge in [0.1, 0.15) is 5.82 Å². The average Bonchev–Trinajstić information content (AvgIpc) is 3.36. The number of aryl methyl sites for hydroxylation is 2. The number of benzene rings is 1. The Morgan fingerprint density at radius 2 is 1.89 bits per heavy atom. The van der Waals surface area contributed by atoms with Gasteiger partial charge < -0.3 is 0 Å². The molecule has 138 valence electrons. The van der Waals surface area contributed by atoms with E-state index in [9.17, 15) is 9.18 Å². The number of rotatable bonds is 3. The number of hydrogen-bond acceptors (Lipinski definition) is 4. The number of carbonyl (C=O) groups is 1. The summed E-state index contributed by atoms with van der Waals surface area (Å²) in [5.41, 5.74) is 4.41. The molecule has 5 nitrogen and oxygen atoms in total. The molecule has 0 saturated heterocycles. The maximum atomic E-state index is 13.3. The zero-order valence-electron chi connectivity index (χ0n) is 14.8. The van der Waals surface area contributed by atoms with Crippen LogP contribution in [0.3, 0.4) is 0 Å². The van der Waals surface area contributed by atoms with Crippen molar-refractivity contribution >= 4 is 22.4 Å².